The Hall–Kier alpha value is -4.12. The maximum Gasteiger partial charge on any atom is 0.434 e. The predicted molar refractivity (Wildman–Crippen MR) is 169 cm³/mol. The fourth-order valence-corrected chi connectivity index (χ4v) is 6.78. The van der Waals surface area contributed by atoms with Crippen molar-refractivity contribution in [3.63, 3.8) is 0 Å². The summed E-state index contributed by atoms with van der Waals surface area (Å²) in [6.45, 7) is 3.79. The molecule has 12 heteroatoms. The van der Waals surface area contributed by atoms with E-state index in [0.717, 1.165) is 43.6 Å². The molecule has 2 aromatic heterocycles. The number of carbonyl (C=O) groups excluding carboxylic acids is 1. The van der Waals surface area contributed by atoms with Crippen molar-refractivity contribution in [1.82, 2.24) is 9.13 Å². The van der Waals surface area contributed by atoms with E-state index >= 15 is 0 Å². The molecule has 230 valence electrons. The lowest BCUT2D eigenvalue weighted by Crippen LogP contribution is -2.41. The van der Waals surface area contributed by atoms with Crippen LogP contribution in [0.25, 0.3) is 17.0 Å². The second-order valence-corrected chi connectivity index (χ2v) is 12.2. The third-order valence-corrected chi connectivity index (χ3v) is 9.08. The minimum atomic E-state index is -4.99. The number of allylic oxidation sites excluding steroid dienone is 1. The summed E-state index contributed by atoms with van der Waals surface area (Å²) in [5.74, 6) is -1.20. The molecule has 0 fully saturated rings. The van der Waals surface area contributed by atoms with Gasteiger partial charge in [-0.3, -0.25) is 9.36 Å². The third kappa shape index (κ3) is 5.74. The minimum Gasteiger partial charge on any atom is -0.463 e. The van der Waals surface area contributed by atoms with Crippen LogP contribution in [0, 0.1) is 6.92 Å². The van der Waals surface area contributed by atoms with Crippen molar-refractivity contribution in [2.75, 3.05) is 6.61 Å². The molecule has 0 saturated heterocycles. The van der Waals surface area contributed by atoms with Gasteiger partial charge in [0, 0.05) is 38.8 Å². The van der Waals surface area contributed by atoms with E-state index in [2.05, 4.69) is 9.56 Å². The van der Waals surface area contributed by atoms with Crippen molar-refractivity contribution in [3.05, 3.63) is 136 Å². The topological polar surface area (TPSA) is 65.6 Å². The standard InChI is InChI=1S/C33H24Cl2F3N3O3S/c1-3-44-31(43)27-28(20-10-14-22(35)15-11-20)41-30(42)26(45-32(41)39-29(27)33(36,37)38)16-24-18(2)40(25-7-5-4-6-23(24)25)17-19-8-12-21(34)13-9-19/h4-16,28H,3,17H2,1-2H3/b26-16-/t28-/m1/s1. The van der Waals surface area contributed by atoms with Crippen molar-refractivity contribution in [3.8, 4) is 0 Å². The number of thiazole rings is 1. The van der Waals surface area contributed by atoms with E-state index in [0.29, 0.717) is 16.6 Å². The summed E-state index contributed by atoms with van der Waals surface area (Å²) in [5, 5.41) is 1.84. The summed E-state index contributed by atoms with van der Waals surface area (Å²) in [6.07, 6.45) is -3.31. The normalized spacial score (nSPS) is 15.4. The number of alkyl halides is 3. The summed E-state index contributed by atoms with van der Waals surface area (Å²) in [6, 6.07) is 19.7. The van der Waals surface area contributed by atoms with Crippen LogP contribution >= 0.6 is 34.5 Å². The van der Waals surface area contributed by atoms with Gasteiger partial charge in [0.2, 0.25) is 0 Å². The fraction of sp³-hybridized carbons (Fsp3) is 0.182. The lowest BCUT2D eigenvalue weighted by atomic mass is 9.95. The lowest BCUT2D eigenvalue weighted by Gasteiger charge is -2.26. The van der Waals surface area contributed by atoms with Gasteiger partial charge in [0.25, 0.3) is 5.56 Å². The van der Waals surface area contributed by atoms with Gasteiger partial charge < -0.3 is 9.30 Å². The molecule has 0 spiro atoms. The first-order valence-electron chi connectivity index (χ1n) is 13.9. The van der Waals surface area contributed by atoms with Gasteiger partial charge in [-0.2, -0.15) is 13.2 Å². The smallest absolute Gasteiger partial charge is 0.434 e. The van der Waals surface area contributed by atoms with Crippen molar-refractivity contribution in [2.45, 2.75) is 32.6 Å². The Labute approximate surface area is 268 Å². The molecule has 1 aliphatic heterocycles. The van der Waals surface area contributed by atoms with Crippen LogP contribution in [0.2, 0.25) is 10.0 Å². The van der Waals surface area contributed by atoms with Crippen LogP contribution < -0.4 is 14.9 Å². The Kier molecular flexibility index (Phi) is 8.24. The first kappa shape index (κ1) is 30.9. The van der Waals surface area contributed by atoms with Crippen LogP contribution in [0.1, 0.15) is 35.3 Å². The second kappa shape index (κ2) is 12.0. The monoisotopic (exact) mass is 669 g/mol. The molecule has 45 heavy (non-hydrogen) atoms. The zero-order valence-corrected chi connectivity index (χ0v) is 26.2. The van der Waals surface area contributed by atoms with Gasteiger partial charge in [0.1, 0.15) is 0 Å². The summed E-state index contributed by atoms with van der Waals surface area (Å²) < 4.78 is 51.8. The van der Waals surface area contributed by atoms with E-state index in [4.69, 9.17) is 27.9 Å². The van der Waals surface area contributed by atoms with Gasteiger partial charge in [0.15, 0.2) is 10.5 Å². The molecular weight excluding hydrogens is 646 g/mol. The number of para-hydroxylation sites is 1. The lowest BCUT2D eigenvalue weighted by molar-refractivity contribution is -0.140. The first-order chi connectivity index (χ1) is 21.5. The highest BCUT2D eigenvalue weighted by atomic mass is 35.5. The van der Waals surface area contributed by atoms with E-state index in [1.807, 2.05) is 55.5 Å². The van der Waals surface area contributed by atoms with Crippen LogP contribution in [0.5, 0.6) is 0 Å². The molecule has 0 N–H and O–H groups in total. The van der Waals surface area contributed by atoms with Crippen LogP contribution in [0.3, 0.4) is 0 Å². The Morgan fingerprint density at radius 1 is 1.02 bits per heavy atom. The van der Waals surface area contributed by atoms with Crippen molar-refractivity contribution in [1.29, 1.82) is 0 Å². The van der Waals surface area contributed by atoms with Crippen molar-refractivity contribution >= 4 is 57.5 Å². The molecule has 6 nitrogen and oxygen atoms in total. The third-order valence-electron chi connectivity index (χ3n) is 7.59. The van der Waals surface area contributed by atoms with Gasteiger partial charge in [-0.05, 0) is 61.4 Å². The van der Waals surface area contributed by atoms with Crippen LogP contribution in [-0.4, -0.2) is 27.9 Å². The summed E-state index contributed by atoms with van der Waals surface area (Å²) in [5.41, 5.74) is 1.04. The average molecular weight is 671 g/mol. The molecule has 1 atom stereocenters. The molecule has 0 bridgehead atoms. The minimum absolute atomic E-state index is 0.162. The van der Waals surface area contributed by atoms with E-state index in [9.17, 15) is 22.8 Å². The largest absolute Gasteiger partial charge is 0.463 e. The summed E-state index contributed by atoms with van der Waals surface area (Å²) in [4.78, 5) is 30.9. The number of fused-ring (bicyclic) bond motifs is 2. The van der Waals surface area contributed by atoms with Gasteiger partial charge in [-0.25, -0.2) is 9.79 Å². The average Bonchev–Trinajstić information content (AvgIpc) is 3.46. The first-order valence-corrected chi connectivity index (χ1v) is 15.4. The van der Waals surface area contributed by atoms with E-state index < -0.39 is 35.0 Å². The number of aromatic nitrogens is 2. The van der Waals surface area contributed by atoms with Crippen molar-refractivity contribution in [2.24, 2.45) is 4.99 Å². The number of nitrogens with zero attached hydrogens (tertiary/aromatic N) is 3. The highest BCUT2D eigenvalue weighted by Crippen LogP contribution is 2.38. The zero-order valence-electron chi connectivity index (χ0n) is 23.9. The quantitative estimate of drug-likeness (QED) is 0.184. The Morgan fingerprint density at radius 3 is 2.31 bits per heavy atom. The molecule has 3 heterocycles. The molecule has 0 radical (unpaired) electrons. The van der Waals surface area contributed by atoms with E-state index in [-0.39, 0.29) is 21.5 Å². The number of carbonyl (C=O) groups is 1. The highest BCUT2D eigenvalue weighted by Gasteiger charge is 2.45. The van der Waals surface area contributed by atoms with Crippen molar-refractivity contribution < 1.29 is 22.7 Å². The van der Waals surface area contributed by atoms with Crippen LogP contribution in [-0.2, 0) is 16.1 Å². The number of hydrogen-bond acceptors (Lipinski definition) is 5. The molecule has 0 unspecified atom stereocenters. The number of halogens is 5. The molecule has 0 amide bonds. The molecule has 5 aromatic rings. The highest BCUT2D eigenvalue weighted by molar-refractivity contribution is 7.07. The van der Waals surface area contributed by atoms with Gasteiger partial charge in [-0.15, -0.1) is 0 Å². The maximum atomic E-state index is 14.4. The molecular formula is C33H24Cl2F3N3O3S. The number of rotatable bonds is 6. The molecule has 6 rings (SSSR count). The Balaban J connectivity index is 1.59. The number of ether oxygens (including phenoxy) is 1. The van der Waals surface area contributed by atoms with Gasteiger partial charge in [-0.1, -0.05) is 77.0 Å². The molecule has 3 aromatic carbocycles. The van der Waals surface area contributed by atoms with Gasteiger partial charge in [0.05, 0.1) is 22.8 Å². The zero-order chi connectivity index (χ0) is 32.0. The number of hydrogen-bond donors (Lipinski definition) is 0. The predicted octanol–water partition coefficient (Wildman–Crippen LogP) is 6.96. The fourth-order valence-electron chi connectivity index (χ4n) is 5.55. The Bertz CT molecular complexity index is 2160. The van der Waals surface area contributed by atoms with E-state index in [1.165, 1.54) is 31.2 Å². The van der Waals surface area contributed by atoms with Crippen LogP contribution in [0.15, 0.2) is 93.9 Å². The van der Waals surface area contributed by atoms with E-state index in [1.54, 1.807) is 6.08 Å². The molecule has 0 saturated carbocycles. The van der Waals surface area contributed by atoms with Crippen LogP contribution in [0.4, 0.5) is 13.2 Å². The molecule has 0 aliphatic carbocycles. The Morgan fingerprint density at radius 2 is 1.67 bits per heavy atom. The SMILES string of the molecule is CCOC(=O)C1=C(C(F)(F)F)N=c2s/c(=C\c3c(C)n(Cc4ccc(Cl)cc4)c4ccccc34)c(=O)n2[C@@H]1c1ccc(Cl)cc1. The molecule has 1 aliphatic rings. The van der Waals surface area contributed by atoms with Gasteiger partial charge >= 0.3 is 12.1 Å². The summed E-state index contributed by atoms with van der Waals surface area (Å²) in [7, 11) is 0. The number of esters is 1. The summed E-state index contributed by atoms with van der Waals surface area (Å²) >= 11 is 13.0. The second-order valence-electron chi connectivity index (χ2n) is 10.3. The number of benzene rings is 3. The maximum absolute atomic E-state index is 14.4.